The zero-order valence-corrected chi connectivity index (χ0v) is 16.6. The molecule has 2 saturated heterocycles. The van der Waals surface area contributed by atoms with Crippen LogP contribution in [0, 0.1) is 18.3 Å². The summed E-state index contributed by atoms with van der Waals surface area (Å²) in [6, 6.07) is 3.99. The molecule has 30 heavy (non-hydrogen) atoms. The Morgan fingerprint density at radius 3 is 2.77 bits per heavy atom. The Labute approximate surface area is 171 Å². The zero-order chi connectivity index (χ0) is 21.0. The van der Waals surface area contributed by atoms with Gasteiger partial charge < -0.3 is 15.0 Å². The highest BCUT2D eigenvalue weighted by Gasteiger charge is 2.50. The number of alkyl halides is 1. The molecular formula is C20H20FN7O2. The van der Waals surface area contributed by atoms with Crippen LogP contribution in [0.3, 0.4) is 0 Å². The van der Waals surface area contributed by atoms with Gasteiger partial charge in [0.05, 0.1) is 25.5 Å². The summed E-state index contributed by atoms with van der Waals surface area (Å²) in [6.07, 6.45) is 5.11. The second-order valence-corrected chi connectivity index (χ2v) is 7.78. The number of aromatic nitrogens is 4. The van der Waals surface area contributed by atoms with Gasteiger partial charge in [0.2, 0.25) is 5.67 Å². The van der Waals surface area contributed by atoms with Crippen molar-refractivity contribution in [3.63, 3.8) is 0 Å². The number of nitrogens with one attached hydrogen (secondary N) is 1. The largest absolute Gasteiger partial charge is 0.494 e. The fourth-order valence-electron chi connectivity index (χ4n) is 4.10. The third kappa shape index (κ3) is 2.59. The van der Waals surface area contributed by atoms with Gasteiger partial charge in [0.25, 0.3) is 5.91 Å². The van der Waals surface area contributed by atoms with Gasteiger partial charge in [-0.25, -0.2) is 8.91 Å². The van der Waals surface area contributed by atoms with E-state index < -0.39 is 11.6 Å². The lowest BCUT2D eigenvalue weighted by molar-refractivity contribution is -0.153. The van der Waals surface area contributed by atoms with Gasteiger partial charge in [-0.05, 0) is 13.0 Å². The SMILES string of the molecule is COc1cc(-c2cnn(C3CN(C(=O)C4(F)CNC4)C3)c2C)cn2ncc(C#N)c12. The van der Waals surface area contributed by atoms with E-state index in [0.29, 0.717) is 29.9 Å². The van der Waals surface area contributed by atoms with Crippen LogP contribution in [0.2, 0.25) is 0 Å². The number of pyridine rings is 1. The number of ether oxygens (including phenoxy) is 1. The van der Waals surface area contributed by atoms with Crippen LogP contribution in [0.1, 0.15) is 17.3 Å². The van der Waals surface area contributed by atoms with Crippen LogP contribution < -0.4 is 10.1 Å². The van der Waals surface area contributed by atoms with Gasteiger partial charge in [-0.2, -0.15) is 15.5 Å². The molecule has 0 saturated carbocycles. The molecule has 9 nitrogen and oxygen atoms in total. The molecule has 0 bridgehead atoms. The summed E-state index contributed by atoms with van der Waals surface area (Å²) in [5.41, 5.74) is 1.99. The standard InChI is InChI=1S/C20H20FN7O2/c1-12-16(13-3-17(30-2)18-14(4-22)5-24-27(18)7-13)6-25-28(12)15-8-26(9-15)19(29)20(21)10-23-11-20/h3,5-7,15,23H,8-11H2,1-2H3. The summed E-state index contributed by atoms with van der Waals surface area (Å²) in [6.45, 7) is 3.02. The summed E-state index contributed by atoms with van der Waals surface area (Å²) in [5.74, 6) is 0.112. The number of carbonyl (C=O) groups is 1. The number of hydrogen-bond acceptors (Lipinski definition) is 6. The molecule has 2 fully saturated rings. The first-order chi connectivity index (χ1) is 14.4. The van der Waals surface area contributed by atoms with E-state index in [9.17, 15) is 14.4 Å². The first kappa shape index (κ1) is 18.6. The molecule has 1 N–H and O–H groups in total. The van der Waals surface area contributed by atoms with Crippen molar-refractivity contribution in [1.29, 1.82) is 5.26 Å². The second kappa shape index (κ2) is 6.53. The topological polar surface area (TPSA) is 100 Å². The first-order valence-electron chi connectivity index (χ1n) is 9.64. The van der Waals surface area contributed by atoms with E-state index in [1.54, 1.807) is 22.7 Å². The Morgan fingerprint density at radius 2 is 2.13 bits per heavy atom. The van der Waals surface area contributed by atoms with E-state index >= 15 is 0 Å². The third-order valence-electron chi connectivity index (χ3n) is 5.96. The predicted molar refractivity (Wildman–Crippen MR) is 105 cm³/mol. The number of amides is 1. The highest BCUT2D eigenvalue weighted by molar-refractivity contribution is 5.87. The van der Waals surface area contributed by atoms with Crippen LogP contribution >= 0.6 is 0 Å². The molecule has 0 spiro atoms. The number of hydrogen-bond donors (Lipinski definition) is 1. The maximum absolute atomic E-state index is 14.3. The molecular weight excluding hydrogens is 389 g/mol. The lowest BCUT2D eigenvalue weighted by Gasteiger charge is -2.45. The van der Waals surface area contributed by atoms with Gasteiger partial charge in [-0.15, -0.1) is 0 Å². The van der Waals surface area contributed by atoms with Gasteiger partial charge in [0.15, 0.2) is 0 Å². The van der Waals surface area contributed by atoms with Crippen molar-refractivity contribution >= 4 is 11.4 Å². The molecule has 0 aromatic carbocycles. The summed E-state index contributed by atoms with van der Waals surface area (Å²) >= 11 is 0. The third-order valence-corrected chi connectivity index (χ3v) is 5.96. The number of nitriles is 1. The minimum atomic E-state index is -1.76. The van der Waals surface area contributed by atoms with Gasteiger partial charge in [-0.1, -0.05) is 0 Å². The molecule has 0 aliphatic carbocycles. The Morgan fingerprint density at radius 1 is 1.37 bits per heavy atom. The summed E-state index contributed by atoms with van der Waals surface area (Å²) < 4.78 is 23.3. The molecule has 5 rings (SSSR count). The molecule has 0 radical (unpaired) electrons. The minimum Gasteiger partial charge on any atom is -0.494 e. The molecule has 3 aromatic rings. The Balaban J connectivity index is 1.41. The lowest BCUT2D eigenvalue weighted by Crippen LogP contribution is -2.68. The monoisotopic (exact) mass is 409 g/mol. The van der Waals surface area contributed by atoms with Crippen LogP contribution in [-0.4, -0.2) is 69.2 Å². The summed E-state index contributed by atoms with van der Waals surface area (Å²) in [4.78, 5) is 13.8. The van der Waals surface area contributed by atoms with Crippen LogP contribution in [0.25, 0.3) is 16.6 Å². The van der Waals surface area contributed by atoms with E-state index in [1.807, 2.05) is 23.9 Å². The maximum Gasteiger partial charge on any atom is 0.263 e. The van der Waals surface area contributed by atoms with E-state index in [-0.39, 0.29) is 19.1 Å². The van der Waals surface area contributed by atoms with Crippen molar-refractivity contribution in [3.8, 4) is 22.9 Å². The van der Waals surface area contributed by atoms with Crippen LogP contribution in [-0.2, 0) is 4.79 Å². The van der Waals surface area contributed by atoms with Gasteiger partial charge >= 0.3 is 0 Å². The van der Waals surface area contributed by atoms with Crippen molar-refractivity contribution in [1.82, 2.24) is 29.6 Å². The second-order valence-electron chi connectivity index (χ2n) is 7.78. The molecule has 2 aliphatic heterocycles. The number of fused-ring (bicyclic) bond motifs is 1. The van der Waals surface area contributed by atoms with E-state index in [1.165, 1.54) is 6.20 Å². The average Bonchev–Trinajstić information content (AvgIpc) is 3.27. The van der Waals surface area contributed by atoms with Crippen LogP contribution in [0.15, 0.2) is 24.7 Å². The number of likely N-dealkylation sites (tertiary alicyclic amines) is 1. The highest BCUT2D eigenvalue weighted by atomic mass is 19.1. The van der Waals surface area contributed by atoms with Crippen molar-refractivity contribution in [3.05, 3.63) is 35.9 Å². The minimum absolute atomic E-state index is 0.0138. The quantitative estimate of drug-likeness (QED) is 0.692. The lowest BCUT2D eigenvalue weighted by atomic mass is 9.95. The summed E-state index contributed by atoms with van der Waals surface area (Å²) in [7, 11) is 1.55. The van der Waals surface area contributed by atoms with Crippen molar-refractivity contribution in [2.45, 2.75) is 18.6 Å². The van der Waals surface area contributed by atoms with Crippen molar-refractivity contribution < 1.29 is 13.9 Å². The number of halogens is 1. The zero-order valence-electron chi connectivity index (χ0n) is 16.6. The number of carbonyl (C=O) groups excluding carboxylic acids is 1. The molecule has 0 atom stereocenters. The molecule has 1 amide bonds. The Hall–Kier alpha value is -3.45. The molecule has 3 aromatic heterocycles. The van der Waals surface area contributed by atoms with Crippen molar-refractivity contribution in [2.75, 3.05) is 33.3 Å². The van der Waals surface area contributed by atoms with Gasteiger partial charge in [0.1, 0.15) is 22.9 Å². The van der Waals surface area contributed by atoms with Crippen LogP contribution in [0.5, 0.6) is 5.75 Å². The molecule has 5 heterocycles. The number of methoxy groups -OCH3 is 1. The van der Waals surface area contributed by atoms with Gasteiger partial charge in [-0.3, -0.25) is 9.48 Å². The molecule has 154 valence electrons. The van der Waals surface area contributed by atoms with Gasteiger partial charge in [0, 0.05) is 49.2 Å². The first-order valence-corrected chi connectivity index (χ1v) is 9.64. The smallest absolute Gasteiger partial charge is 0.263 e. The summed E-state index contributed by atoms with van der Waals surface area (Å²) in [5, 5.41) is 20.8. The van der Waals surface area contributed by atoms with E-state index in [2.05, 4.69) is 21.6 Å². The molecule has 2 aliphatic rings. The normalized spacial score (nSPS) is 18.0. The van der Waals surface area contributed by atoms with Crippen molar-refractivity contribution in [2.24, 2.45) is 0 Å². The molecule has 0 unspecified atom stereocenters. The fourth-order valence-corrected chi connectivity index (χ4v) is 4.10. The Bertz CT molecular complexity index is 1200. The predicted octanol–water partition coefficient (Wildman–Crippen LogP) is 1.08. The highest BCUT2D eigenvalue weighted by Crippen LogP contribution is 2.34. The van der Waals surface area contributed by atoms with E-state index in [0.717, 1.165) is 16.8 Å². The maximum atomic E-state index is 14.3. The van der Waals surface area contributed by atoms with Crippen LogP contribution in [0.4, 0.5) is 4.39 Å². The fraction of sp³-hybridized carbons (Fsp3) is 0.400. The Kier molecular flexibility index (Phi) is 4.04. The number of nitrogens with zero attached hydrogens (tertiary/aromatic N) is 6. The van der Waals surface area contributed by atoms with E-state index in [4.69, 9.17) is 4.74 Å². The number of rotatable bonds is 4. The molecule has 10 heteroatoms. The average molecular weight is 409 g/mol.